The van der Waals surface area contributed by atoms with E-state index in [1.807, 2.05) is 35.2 Å². The lowest BCUT2D eigenvalue weighted by Crippen LogP contribution is -3.15. The highest BCUT2D eigenvalue weighted by Gasteiger charge is 2.30. The number of piperidine rings is 1. The average Bonchev–Trinajstić information content (AvgIpc) is 2.68. The molecule has 0 aliphatic carbocycles. The van der Waals surface area contributed by atoms with Crippen LogP contribution in [0.1, 0.15) is 25.3 Å². The molecule has 0 radical (unpaired) electrons. The van der Waals surface area contributed by atoms with Crippen LogP contribution >= 0.6 is 0 Å². The Morgan fingerprint density at radius 2 is 1.89 bits per heavy atom. The second-order valence-electron chi connectivity index (χ2n) is 7.67. The van der Waals surface area contributed by atoms with Gasteiger partial charge in [0.25, 0.3) is 5.91 Å². The predicted molar refractivity (Wildman–Crippen MR) is 107 cm³/mol. The van der Waals surface area contributed by atoms with E-state index < -0.39 is 10.0 Å². The Labute approximate surface area is 162 Å². The number of hydrogen-bond acceptors (Lipinski definition) is 3. The monoisotopic (exact) mass is 392 g/mol. The van der Waals surface area contributed by atoms with Crippen LogP contribution in [-0.4, -0.2) is 69.3 Å². The molecule has 1 N–H and O–H groups in total. The molecule has 7 heteroatoms. The third kappa shape index (κ3) is 5.64. The van der Waals surface area contributed by atoms with Crippen LogP contribution in [0.25, 0.3) is 6.08 Å². The van der Waals surface area contributed by atoms with Crippen LogP contribution < -0.4 is 4.90 Å². The summed E-state index contributed by atoms with van der Waals surface area (Å²) in [6.45, 7) is 6.65. The molecule has 1 amide bonds. The summed E-state index contributed by atoms with van der Waals surface area (Å²) in [7, 11) is -3.42. The Morgan fingerprint density at radius 3 is 2.56 bits per heavy atom. The van der Waals surface area contributed by atoms with Crippen LogP contribution in [0.4, 0.5) is 0 Å². The standard InChI is InChI=1S/C20H29N3O3S/c1-18-6-5-10-22(16-18)20(24)17-21-11-13-23(14-12-21)27(25,26)15-9-19-7-3-2-4-8-19/h2-4,7-9,15,18H,5-6,10-14,16-17H2,1H3/p+1/b15-9+/t18-/m0/s1. The molecule has 3 rings (SSSR count). The van der Waals surface area contributed by atoms with Gasteiger partial charge in [0.05, 0.1) is 26.2 Å². The highest BCUT2D eigenvalue weighted by Crippen LogP contribution is 2.15. The molecular formula is C20H30N3O3S+. The second-order valence-corrected chi connectivity index (χ2v) is 9.49. The van der Waals surface area contributed by atoms with E-state index in [0.717, 1.165) is 25.1 Å². The number of hydrogen-bond donors (Lipinski definition) is 1. The van der Waals surface area contributed by atoms with Crippen LogP contribution in [0.15, 0.2) is 35.7 Å². The van der Waals surface area contributed by atoms with E-state index in [9.17, 15) is 13.2 Å². The van der Waals surface area contributed by atoms with Gasteiger partial charge in [-0.25, -0.2) is 8.42 Å². The predicted octanol–water partition coefficient (Wildman–Crippen LogP) is 0.446. The Hall–Kier alpha value is -1.70. The van der Waals surface area contributed by atoms with Crippen molar-refractivity contribution in [2.45, 2.75) is 19.8 Å². The molecule has 2 aliphatic heterocycles. The van der Waals surface area contributed by atoms with Gasteiger partial charge in [0.2, 0.25) is 10.0 Å². The first kappa shape index (κ1) is 20.0. The summed E-state index contributed by atoms with van der Waals surface area (Å²) < 4.78 is 26.6. The summed E-state index contributed by atoms with van der Waals surface area (Å²) in [6, 6.07) is 9.42. The normalized spacial score (nSPS) is 23.0. The minimum absolute atomic E-state index is 0.205. The number of amides is 1. The maximum Gasteiger partial charge on any atom is 0.277 e. The average molecular weight is 393 g/mol. The van der Waals surface area contributed by atoms with Crippen molar-refractivity contribution in [3.05, 3.63) is 41.3 Å². The van der Waals surface area contributed by atoms with Crippen molar-refractivity contribution < 1.29 is 18.1 Å². The number of benzene rings is 1. The number of rotatable bonds is 5. The van der Waals surface area contributed by atoms with Crippen molar-refractivity contribution in [3.63, 3.8) is 0 Å². The van der Waals surface area contributed by atoms with Gasteiger partial charge in [-0.3, -0.25) is 4.79 Å². The van der Waals surface area contributed by atoms with Crippen LogP contribution in [0.5, 0.6) is 0 Å². The first-order chi connectivity index (χ1) is 12.9. The molecule has 0 spiro atoms. The molecule has 0 aromatic heterocycles. The topological polar surface area (TPSA) is 62.1 Å². The van der Waals surface area contributed by atoms with Crippen molar-refractivity contribution in [1.29, 1.82) is 0 Å². The minimum Gasteiger partial charge on any atom is -0.338 e. The molecular weight excluding hydrogens is 362 g/mol. The molecule has 0 unspecified atom stereocenters. The number of piperazine rings is 1. The quantitative estimate of drug-likeness (QED) is 0.791. The Balaban J connectivity index is 1.49. The Morgan fingerprint density at radius 1 is 1.19 bits per heavy atom. The Kier molecular flexibility index (Phi) is 6.68. The number of likely N-dealkylation sites (tertiary alicyclic amines) is 1. The summed E-state index contributed by atoms with van der Waals surface area (Å²) >= 11 is 0. The summed E-state index contributed by atoms with van der Waals surface area (Å²) in [4.78, 5) is 15.7. The zero-order chi connectivity index (χ0) is 19.3. The van der Waals surface area contributed by atoms with E-state index in [1.54, 1.807) is 6.08 Å². The van der Waals surface area contributed by atoms with Gasteiger partial charge < -0.3 is 9.80 Å². The summed E-state index contributed by atoms with van der Waals surface area (Å²) in [6.07, 6.45) is 3.92. The van der Waals surface area contributed by atoms with E-state index in [0.29, 0.717) is 38.6 Å². The van der Waals surface area contributed by atoms with Gasteiger partial charge in [0.1, 0.15) is 0 Å². The molecule has 27 heavy (non-hydrogen) atoms. The van der Waals surface area contributed by atoms with Crippen LogP contribution in [-0.2, 0) is 14.8 Å². The lowest BCUT2D eigenvalue weighted by molar-refractivity contribution is -0.896. The first-order valence-corrected chi connectivity index (χ1v) is 11.3. The molecule has 6 nitrogen and oxygen atoms in total. The van der Waals surface area contributed by atoms with E-state index in [-0.39, 0.29) is 5.91 Å². The molecule has 0 saturated carbocycles. The smallest absolute Gasteiger partial charge is 0.277 e. The maximum atomic E-state index is 12.5. The molecule has 1 aromatic rings. The van der Waals surface area contributed by atoms with Crippen LogP contribution in [0, 0.1) is 5.92 Å². The fourth-order valence-corrected chi connectivity index (χ4v) is 4.98. The molecule has 2 heterocycles. The highest BCUT2D eigenvalue weighted by molar-refractivity contribution is 7.92. The second kappa shape index (κ2) is 8.99. The molecule has 2 fully saturated rings. The van der Waals surface area contributed by atoms with Gasteiger partial charge in [0.15, 0.2) is 6.54 Å². The van der Waals surface area contributed by atoms with Crippen molar-refractivity contribution in [2.75, 3.05) is 45.8 Å². The summed E-state index contributed by atoms with van der Waals surface area (Å²) in [5, 5.41) is 1.29. The van der Waals surface area contributed by atoms with E-state index >= 15 is 0 Å². The molecule has 1 atom stereocenters. The lowest BCUT2D eigenvalue weighted by atomic mass is 10.0. The number of quaternary nitrogens is 1. The number of carbonyl (C=O) groups excluding carboxylic acids is 1. The third-order valence-electron chi connectivity index (χ3n) is 5.43. The van der Waals surface area contributed by atoms with E-state index in [2.05, 4.69) is 6.92 Å². The van der Waals surface area contributed by atoms with Gasteiger partial charge in [-0.05, 0) is 30.4 Å². The zero-order valence-electron chi connectivity index (χ0n) is 16.0. The number of nitrogens with one attached hydrogen (secondary N) is 1. The summed E-state index contributed by atoms with van der Waals surface area (Å²) in [5.74, 6) is 0.785. The largest absolute Gasteiger partial charge is 0.338 e. The van der Waals surface area contributed by atoms with Crippen molar-refractivity contribution in [2.24, 2.45) is 5.92 Å². The number of sulfonamides is 1. The lowest BCUT2D eigenvalue weighted by Gasteiger charge is -2.34. The van der Waals surface area contributed by atoms with Crippen LogP contribution in [0.3, 0.4) is 0 Å². The third-order valence-corrected chi connectivity index (χ3v) is 7.00. The maximum absolute atomic E-state index is 12.5. The number of nitrogens with zero attached hydrogens (tertiary/aromatic N) is 2. The van der Waals surface area contributed by atoms with E-state index in [1.165, 1.54) is 21.0 Å². The molecule has 0 bridgehead atoms. The fraction of sp³-hybridized carbons (Fsp3) is 0.550. The van der Waals surface area contributed by atoms with Crippen molar-refractivity contribution >= 4 is 22.0 Å². The SMILES string of the molecule is C[C@H]1CCCN(C(=O)C[NH+]2CCN(S(=O)(=O)/C=C/c3ccccc3)CC2)C1. The first-order valence-electron chi connectivity index (χ1n) is 9.79. The van der Waals surface area contributed by atoms with Gasteiger partial charge in [-0.1, -0.05) is 37.3 Å². The Bertz CT molecular complexity index is 756. The van der Waals surface area contributed by atoms with Crippen LogP contribution in [0.2, 0.25) is 0 Å². The molecule has 148 valence electrons. The highest BCUT2D eigenvalue weighted by atomic mass is 32.2. The van der Waals surface area contributed by atoms with Crippen molar-refractivity contribution in [1.82, 2.24) is 9.21 Å². The minimum atomic E-state index is -3.42. The molecule has 1 aromatic carbocycles. The van der Waals surface area contributed by atoms with Gasteiger partial charge >= 0.3 is 0 Å². The molecule has 2 saturated heterocycles. The summed E-state index contributed by atoms with van der Waals surface area (Å²) in [5.41, 5.74) is 0.867. The number of carbonyl (C=O) groups is 1. The molecule has 2 aliphatic rings. The van der Waals surface area contributed by atoms with E-state index in [4.69, 9.17) is 0 Å². The van der Waals surface area contributed by atoms with Gasteiger partial charge in [0, 0.05) is 18.5 Å². The fourth-order valence-electron chi connectivity index (χ4n) is 3.79. The zero-order valence-corrected chi connectivity index (χ0v) is 16.8. The van der Waals surface area contributed by atoms with Gasteiger partial charge in [-0.2, -0.15) is 4.31 Å². The van der Waals surface area contributed by atoms with Crippen molar-refractivity contribution in [3.8, 4) is 0 Å². The van der Waals surface area contributed by atoms with Gasteiger partial charge in [-0.15, -0.1) is 0 Å².